The predicted molar refractivity (Wildman–Crippen MR) is 80.6 cm³/mol. The highest BCUT2D eigenvalue weighted by molar-refractivity contribution is 9.11. The molecule has 0 saturated heterocycles. The third kappa shape index (κ3) is 3.24. The molecule has 1 aromatic carbocycles. The van der Waals surface area contributed by atoms with E-state index in [1.807, 2.05) is 0 Å². The van der Waals surface area contributed by atoms with Crippen LogP contribution in [0.5, 0.6) is 11.6 Å². The van der Waals surface area contributed by atoms with Crippen LogP contribution < -0.4 is 16.0 Å². The normalized spacial score (nSPS) is 10.2. The number of hydrogen-bond acceptors (Lipinski definition) is 6. The second-order valence-corrected chi connectivity index (χ2v) is 5.31. The van der Waals surface area contributed by atoms with E-state index in [2.05, 4.69) is 42.3 Å². The van der Waals surface area contributed by atoms with Crippen molar-refractivity contribution in [2.75, 3.05) is 5.43 Å². The van der Waals surface area contributed by atoms with Crippen molar-refractivity contribution in [3.8, 4) is 11.6 Å². The maximum absolute atomic E-state index is 10.7. The van der Waals surface area contributed by atoms with Crippen molar-refractivity contribution in [2.45, 2.75) is 0 Å². The number of nitro groups is 1. The Kier molecular flexibility index (Phi) is 4.53. The molecule has 0 aliphatic heterocycles. The SMILES string of the molecule is NNc1cccc(Oc2c(Br)cc([N+](=O)[O-])cc2Br)n1. The van der Waals surface area contributed by atoms with Crippen molar-refractivity contribution in [3.05, 3.63) is 49.4 Å². The molecule has 0 bridgehead atoms. The summed E-state index contributed by atoms with van der Waals surface area (Å²) in [5.41, 5.74) is 2.35. The summed E-state index contributed by atoms with van der Waals surface area (Å²) < 4.78 is 6.47. The third-order valence-corrected chi connectivity index (χ3v) is 3.45. The van der Waals surface area contributed by atoms with Crippen molar-refractivity contribution in [2.24, 2.45) is 5.84 Å². The number of non-ortho nitro benzene ring substituents is 1. The van der Waals surface area contributed by atoms with Crippen LogP contribution in [-0.2, 0) is 0 Å². The zero-order valence-corrected chi connectivity index (χ0v) is 13.0. The van der Waals surface area contributed by atoms with Crippen LogP contribution in [0, 0.1) is 10.1 Å². The first-order chi connectivity index (χ1) is 9.51. The number of hydrazine groups is 1. The van der Waals surface area contributed by atoms with Crippen molar-refractivity contribution in [1.29, 1.82) is 0 Å². The van der Waals surface area contributed by atoms with Crippen LogP contribution in [0.4, 0.5) is 11.5 Å². The first-order valence-electron chi connectivity index (χ1n) is 5.26. The fourth-order valence-corrected chi connectivity index (χ4v) is 2.73. The molecular formula is C11H8Br2N4O3. The Morgan fingerprint density at radius 1 is 1.30 bits per heavy atom. The minimum absolute atomic E-state index is 0.0542. The van der Waals surface area contributed by atoms with Crippen LogP contribution in [-0.4, -0.2) is 9.91 Å². The van der Waals surface area contributed by atoms with Gasteiger partial charge in [-0.1, -0.05) is 6.07 Å². The van der Waals surface area contributed by atoms with Gasteiger partial charge in [0.05, 0.1) is 13.9 Å². The Morgan fingerprint density at radius 2 is 1.95 bits per heavy atom. The number of anilines is 1. The Labute approximate surface area is 130 Å². The van der Waals surface area contributed by atoms with Gasteiger partial charge in [-0.2, -0.15) is 4.98 Å². The van der Waals surface area contributed by atoms with Crippen LogP contribution in [0.1, 0.15) is 0 Å². The van der Waals surface area contributed by atoms with Gasteiger partial charge in [0.15, 0.2) is 5.75 Å². The molecule has 0 unspecified atom stereocenters. The Bertz CT molecular complexity index is 643. The summed E-state index contributed by atoms with van der Waals surface area (Å²) in [6.07, 6.45) is 0. The lowest BCUT2D eigenvalue weighted by Crippen LogP contribution is -2.08. The van der Waals surface area contributed by atoms with E-state index < -0.39 is 4.92 Å². The van der Waals surface area contributed by atoms with Gasteiger partial charge in [-0.25, -0.2) is 5.84 Å². The molecule has 0 radical (unpaired) electrons. The Hall–Kier alpha value is -1.71. The van der Waals surface area contributed by atoms with E-state index in [0.717, 1.165) is 0 Å². The number of benzene rings is 1. The topological polar surface area (TPSA) is 103 Å². The number of nitro benzene ring substituents is 1. The number of nitrogens with zero attached hydrogens (tertiary/aromatic N) is 2. The monoisotopic (exact) mass is 402 g/mol. The van der Waals surface area contributed by atoms with E-state index in [-0.39, 0.29) is 5.69 Å². The second kappa shape index (κ2) is 6.16. The highest BCUT2D eigenvalue weighted by Crippen LogP contribution is 2.39. The number of halogens is 2. The largest absolute Gasteiger partial charge is 0.437 e. The van der Waals surface area contributed by atoms with Gasteiger partial charge in [0.1, 0.15) is 5.82 Å². The number of rotatable bonds is 4. The quantitative estimate of drug-likeness (QED) is 0.459. The lowest BCUT2D eigenvalue weighted by atomic mass is 10.3. The van der Waals surface area contributed by atoms with Gasteiger partial charge in [0, 0.05) is 18.2 Å². The smallest absolute Gasteiger partial charge is 0.271 e. The number of ether oxygens (including phenoxy) is 1. The summed E-state index contributed by atoms with van der Waals surface area (Å²) in [5, 5.41) is 10.7. The van der Waals surface area contributed by atoms with Gasteiger partial charge < -0.3 is 10.2 Å². The second-order valence-electron chi connectivity index (χ2n) is 3.60. The van der Waals surface area contributed by atoms with Gasteiger partial charge in [0.2, 0.25) is 5.88 Å². The molecule has 0 spiro atoms. The average molecular weight is 404 g/mol. The fourth-order valence-electron chi connectivity index (χ4n) is 1.41. The summed E-state index contributed by atoms with van der Waals surface area (Å²) in [4.78, 5) is 14.3. The maximum Gasteiger partial charge on any atom is 0.271 e. The summed E-state index contributed by atoms with van der Waals surface area (Å²) in [7, 11) is 0. The zero-order valence-electron chi connectivity index (χ0n) is 9.84. The molecular weight excluding hydrogens is 396 g/mol. The number of pyridine rings is 1. The molecule has 0 amide bonds. The molecule has 1 heterocycles. The van der Waals surface area contributed by atoms with Crippen molar-refractivity contribution < 1.29 is 9.66 Å². The first kappa shape index (κ1) is 14.7. The van der Waals surface area contributed by atoms with Gasteiger partial charge >= 0.3 is 0 Å². The van der Waals surface area contributed by atoms with Gasteiger partial charge in [0.25, 0.3) is 5.69 Å². The summed E-state index contributed by atoms with van der Waals surface area (Å²) >= 11 is 6.46. The highest BCUT2D eigenvalue weighted by atomic mass is 79.9. The van der Waals surface area contributed by atoms with E-state index in [1.165, 1.54) is 12.1 Å². The lowest BCUT2D eigenvalue weighted by molar-refractivity contribution is -0.385. The average Bonchev–Trinajstić information content (AvgIpc) is 2.42. The van der Waals surface area contributed by atoms with Crippen molar-refractivity contribution in [3.63, 3.8) is 0 Å². The molecule has 20 heavy (non-hydrogen) atoms. The molecule has 104 valence electrons. The molecule has 9 heteroatoms. The van der Waals surface area contributed by atoms with E-state index in [0.29, 0.717) is 26.4 Å². The molecule has 0 aliphatic rings. The van der Waals surface area contributed by atoms with E-state index in [4.69, 9.17) is 10.6 Å². The zero-order chi connectivity index (χ0) is 14.7. The minimum atomic E-state index is -0.490. The summed E-state index contributed by atoms with van der Waals surface area (Å²) in [5.74, 6) is 6.39. The molecule has 0 saturated carbocycles. The van der Waals surface area contributed by atoms with Crippen molar-refractivity contribution >= 4 is 43.4 Å². The minimum Gasteiger partial charge on any atom is -0.437 e. The van der Waals surface area contributed by atoms with Gasteiger partial charge in [-0.05, 0) is 37.9 Å². The molecule has 0 fully saturated rings. The van der Waals surface area contributed by atoms with E-state index >= 15 is 0 Å². The number of nitrogens with two attached hydrogens (primary N) is 1. The summed E-state index contributed by atoms with van der Waals surface area (Å²) in [6, 6.07) is 7.73. The van der Waals surface area contributed by atoms with Crippen LogP contribution in [0.25, 0.3) is 0 Å². The Balaban J connectivity index is 2.36. The standard InChI is InChI=1S/C11H8Br2N4O3/c12-7-4-6(17(18)19)5-8(13)11(7)20-10-3-1-2-9(15-10)16-14/h1-5H,14H2,(H,15,16). The lowest BCUT2D eigenvalue weighted by Gasteiger charge is -2.09. The number of hydrogen-bond donors (Lipinski definition) is 2. The fraction of sp³-hybridized carbons (Fsp3) is 0. The molecule has 7 nitrogen and oxygen atoms in total. The van der Waals surface area contributed by atoms with Crippen LogP contribution in [0.3, 0.4) is 0 Å². The molecule has 0 aliphatic carbocycles. The third-order valence-electron chi connectivity index (χ3n) is 2.27. The molecule has 2 aromatic rings. The maximum atomic E-state index is 10.7. The van der Waals surface area contributed by atoms with Crippen molar-refractivity contribution in [1.82, 2.24) is 4.98 Å². The predicted octanol–water partition coefficient (Wildman–Crippen LogP) is 3.59. The molecule has 2 rings (SSSR count). The van der Waals surface area contributed by atoms with E-state index in [1.54, 1.807) is 18.2 Å². The number of nitrogens with one attached hydrogen (secondary N) is 1. The van der Waals surface area contributed by atoms with E-state index in [9.17, 15) is 10.1 Å². The van der Waals surface area contributed by atoms with Crippen LogP contribution in [0.15, 0.2) is 39.3 Å². The van der Waals surface area contributed by atoms with Gasteiger partial charge in [-0.3, -0.25) is 10.1 Å². The highest BCUT2D eigenvalue weighted by Gasteiger charge is 2.16. The first-order valence-corrected chi connectivity index (χ1v) is 6.85. The summed E-state index contributed by atoms with van der Waals surface area (Å²) in [6.45, 7) is 0. The van der Waals surface area contributed by atoms with Crippen LogP contribution >= 0.6 is 31.9 Å². The van der Waals surface area contributed by atoms with Gasteiger partial charge in [-0.15, -0.1) is 0 Å². The molecule has 3 N–H and O–H groups in total. The number of nitrogen functional groups attached to an aromatic ring is 1. The number of aromatic nitrogens is 1. The molecule has 0 atom stereocenters. The molecule has 1 aromatic heterocycles. The Morgan fingerprint density at radius 3 is 2.50 bits per heavy atom. The van der Waals surface area contributed by atoms with Crippen LogP contribution in [0.2, 0.25) is 0 Å².